The molecule has 0 bridgehead atoms. The molecule has 1 amide bonds. The molecule has 1 saturated heterocycles. The first-order valence-corrected chi connectivity index (χ1v) is 8.84. The molecular weight excluding hydrogens is 334 g/mol. The Labute approximate surface area is 152 Å². The number of amides is 1. The van der Waals surface area contributed by atoms with E-state index in [1.54, 1.807) is 15.8 Å². The lowest BCUT2D eigenvalue weighted by molar-refractivity contribution is -0.134. The summed E-state index contributed by atoms with van der Waals surface area (Å²) in [5, 5.41) is 13.1. The summed E-state index contributed by atoms with van der Waals surface area (Å²) in [4.78, 5) is 25.2. The Hall–Kier alpha value is -2.83. The van der Waals surface area contributed by atoms with Crippen LogP contribution in [0.15, 0.2) is 36.7 Å². The van der Waals surface area contributed by atoms with E-state index in [-0.39, 0.29) is 24.1 Å². The van der Waals surface area contributed by atoms with Gasteiger partial charge in [0.25, 0.3) is 5.91 Å². The minimum Gasteiger partial charge on any atom is -0.483 e. The highest BCUT2D eigenvalue weighted by Gasteiger charge is 2.25. The molecule has 1 aromatic carbocycles. The van der Waals surface area contributed by atoms with Crippen molar-refractivity contribution in [2.45, 2.75) is 32.2 Å². The maximum Gasteiger partial charge on any atom is 0.338 e. The fraction of sp³-hybridized carbons (Fsp3) is 0.421. The molecule has 0 spiro atoms. The second-order valence-electron chi connectivity index (χ2n) is 6.38. The highest BCUT2D eigenvalue weighted by atomic mass is 16.5. The van der Waals surface area contributed by atoms with E-state index >= 15 is 0 Å². The molecule has 1 aliphatic heterocycles. The first-order valence-electron chi connectivity index (χ1n) is 8.84. The van der Waals surface area contributed by atoms with Gasteiger partial charge in [0.15, 0.2) is 6.61 Å². The summed E-state index contributed by atoms with van der Waals surface area (Å²) in [6, 6.07) is 7.87. The van der Waals surface area contributed by atoms with Crippen LogP contribution in [-0.2, 0) is 11.2 Å². The van der Waals surface area contributed by atoms with Crippen LogP contribution in [0.2, 0.25) is 0 Å². The van der Waals surface area contributed by atoms with Gasteiger partial charge < -0.3 is 14.7 Å². The zero-order valence-corrected chi connectivity index (χ0v) is 14.8. The zero-order chi connectivity index (χ0) is 18.5. The van der Waals surface area contributed by atoms with Crippen molar-refractivity contribution in [3.05, 3.63) is 47.8 Å². The van der Waals surface area contributed by atoms with E-state index in [0.717, 1.165) is 30.6 Å². The number of aromatic carboxylic acids is 1. The average molecular weight is 357 g/mol. The van der Waals surface area contributed by atoms with Gasteiger partial charge in [-0.05, 0) is 30.9 Å². The van der Waals surface area contributed by atoms with Gasteiger partial charge in [-0.3, -0.25) is 9.48 Å². The maximum absolute atomic E-state index is 12.4. The van der Waals surface area contributed by atoms with Gasteiger partial charge in [0, 0.05) is 19.3 Å². The first-order chi connectivity index (χ1) is 12.6. The molecule has 1 aliphatic rings. The van der Waals surface area contributed by atoms with Crippen molar-refractivity contribution >= 4 is 11.9 Å². The third-order valence-corrected chi connectivity index (χ3v) is 4.74. The van der Waals surface area contributed by atoms with Crippen molar-refractivity contribution in [1.29, 1.82) is 0 Å². The quantitative estimate of drug-likeness (QED) is 0.858. The number of carbonyl (C=O) groups excluding carboxylic acids is 1. The number of hydrogen-bond acceptors (Lipinski definition) is 4. The molecule has 3 rings (SSSR count). The molecule has 7 nitrogen and oxygen atoms in total. The molecular formula is C19H23N3O4. The van der Waals surface area contributed by atoms with E-state index in [9.17, 15) is 9.59 Å². The second-order valence-corrected chi connectivity index (χ2v) is 6.38. The van der Waals surface area contributed by atoms with E-state index in [0.29, 0.717) is 13.1 Å². The Morgan fingerprint density at radius 2 is 2.00 bits per heavy atom. The molecule has 26 heavy (non-hydrogen) atoms. The number of aromatic nitrogens is 2. The highest BCUT2D eigenvalue weighted by Crippen LogP contribution is 2.23. The Balaban J connectivity index is 1.51. The van der Waals surface area contributed by atoms with Gasteiger partial charge in [-0.1, -0.05) is 25.1 Å². The molecule has 2 aromatic rings. The van der Waals surface area contributed by atoms with Crippen LogP contribution in [0.4, 0.5) is 0 Å². The summed E-state index contributed by atoms with van der Waals surface area (Å²) < 4.78 is 7.40. The normalized spacial score (nSPS) is 15.0. The van der Waals surface area contributed by atoms with Crippen LogP contribution in [0.5, 0.6) is 5.75 Å². The third kappa shape index (κ3) is 4.04. The summed E-state index contributed by atoms with van der Waals surface area (Å²) in [5.74, 6) is -0.245. The number of hydrogen-bond donors (Lipinski definition) is 1. The van der Waals surface area contributed by atoms with Gasteiger partial charge in [-0.2, -0.15) is 5.10 Å². The van der Waals surface area contributed by atoms with E-state index in [1.807, 2.05) is 24.3 Å². The molecule has 0 unspecified atom stereocenters. The van der Waals surface area contributed by atoms with Crippen LogP contribution in [0.25, 0.3) is 0 Å². The molecule has 1 aromatic heterocycles. The Morgan fingerprint density at radius 1 is 1.27 bits per heavy atom. The number of carboxylic acid groups (broad SMARTS) is 1. The molecule has 0 radical (unpaired) electrons. The van der Waals surface area contributed by atoms with E-state index < -0.39 is 5.97 Å². The summed E-state index contributed by atoms with van der Waals surface area (Å²) in [5.41, 5.74) is 1.28. The second kappa shape index (κ2) is 8.03. The van der Waals surface area contributed by atoms with Crippen molar-refractivity contribution in [3.63, 3.8) is 0 Å². The molecule has 138 valence electrons. The molecule has 0 atom stereocenters. The number of carbonyl (C=O) groups is 2. The van der Waals surface area contributed by atoms with Crippen molar-refractivity contribution < 1.29 is 19.4 Å². The number of benzene rings is 1. The lowest BCUT2D eigenvalue weighted by atomic mass is 10.1. The molecule has 1 fully saturated rings. The molecule has 2 heterocycles. The maximum atomic E-state index is 12.4. The number of likely N-dealkylation sites (tertiary alicyclic amines) is 1. The smallest absolute Gasteiger partial charge is 0.338 e. The minimum atomic E-state index is -0.978. The van der Waals surface area contributed by atoms with Crippen molar-refractivity contribution in [2.24, 2.45) is 0 Å². The Bertz CT molecular complexity index is 779. The molecule has 7 heteroatoms. The van der Waals surface area contributed by atoms with E-state index in [2.05, 4.69) is 12.0 Å². The Kier molecular flexibility index (Phi) is 5.55. The van der Waals surface area contributed by atoms with Gasteiger partial charge in [0.2, 0.25) is 0 Å². The van der Waals surface area contributed by atoms with Gasteiger partial charge in [-0.15, -0.1) is 0 Å². The zero-order valence-electron chi connectivity index (χ0n) is 14.8. The largest absolute Gasteiger partial charge is 0.483 e. The first kappa shape index (κ1) is 18.0. The third-order valence-electron chi connectivity index (χ3n) is 4.74. The standard InChI is InChI=1S/C19H23N3O4/c1-2-14-5-3-4-6-17(14)26-13-18(23)21-9-7-16(8-10-21)22-12-15(11-20-22)19(24)25/h3-6,11-12,16H,2,7-10,13H2,1H3,(H,24,25). The molecule has 0 saturated carbocycles. The summed E-state index contributed by atoms with van der Waals surface area (Å²) in [6.45, 7) is 3.32. The fourth-order valence-electron chi connectivity index (χ4n) is 3.20. The van der Waals surface area contributed by atoms with Crippen molar-refractivity contribution in [3.8, 4) is 5.75 Å². The number of ether oxygens (including phenoxy) is 1. The number of nitrogens with zero attached hydrogens (tertiary/aromatic N) is 3. The van der Waals surface area contributed by atoms with Gasteiger partial charge in [0.1, 0.15) is 5.75 Å². The van der Waals surface area contributed by atoms with Gasteiger partial charge >= 0.3 is 5.97 Å². The number of carboxylic acids is 1. The number of para-hydroxylation sites is 1. The van der Waals surface area contributed by atoms with Crippen molar-refractivity contribution in [1.82, 2.24) is 14.7 Å². The lowest BCUT2D eigenvalue weighted by Crippen LogP contribution is -2.41. The van der Waals surface area contributed by atoms with Crippen LogP contribution in [0.3, 0.4) is 0 Å². The van der Waals surface area contributed by atoms with Crippen LogP contribution >= 0.6 is 0 Å². The van der Waals surface area contributed by atoms with E-state index in [4.69, 9.17) is 9.84 Å². The van der Waals surface area contributed by atoms with Crippen LogP contribution < -0.4 is 4.74 Å². The lowest BCUT2D eigenvalue weighted by Gasteiger charge is -2.32. The minimum absolute atomic E-state index is 0.0268. The monoisotopic (exact) mass is 357 g/mol. The predicted octanol–water partition coefficient (Wildman–Crippen LogP) is 2.39. The summed E-state index contributed by atoms with van der Waals surface area (Å²) >= 11 is 0. The van der Waals surface area contributed by atoms with Gasteiger partial charge in [-0.25, -0.2) is 4.79 Å². The number of aryl methyl sites for hydroxylation is 1. The molecule has 0 aliphatic carbocycles. The van der Waals surface area contributed by atoms with Crippen LogP contribution in [0, 0.1) is 0 Å². The summed E-state index contributed by atoms with van der Waals surface area (Å²) in [7, 11) is 0. The van der Waals surface area contributed by atoms with E-state index in [1.165, 1.54) is 6.20 Å². The Morgan fingerprint density at radius 3 is 2.65 bits per heavy atom. The highest BCUT2D eigenvalue weighted by molar-refractivity contribution is 5.86. The average Bonchev–Trinajstić information content (AvgIpc) is 3.17. The number of rotatable bonds is 6. The van der Waals surface area contributed by atoms with Gasteiger partial charge in [0.05, 0.1) is 17.8 Å². The topological polar surface area (TPSA) is 84.7 Å². The fourth-order valence-corrected chi connectivity index (χ4v) is 3.20. The summed E-state index contributed by atoms with van der Waals surface area (Å²) in [6.07, 6.45) is 5.27. The SMILES string of the molecule is CCc1ccccc1OCC(=O)N1CCC(n2cc(C(=O)O)cn2)CC1. The predicted molar refractivity (Wildman–Crippen MR) is 95.4 cm³/mol. The van der Waals surface area contributed by atoms with Crippen molar-refractivity contribution in [2.75, 3.05) is 19.7 Å². The number of piperidine rings is 1. The van der Waals surface area contributed by atoms with Crippen LogP contribution in [0.1, 0.15) is 41.7 Å². The van der Waals surface area contributed by atoms with Crippen LogP contribution in [-0.4, -0.2) is 51.4 Å². The molecule has 1 N–H and O–H groups in total.